The maximum Gasteiger partial charge on any atom is 0.289 e. The van der Waals surface area contributed by atoms with Gasteiger partial charge >= 0.3 is 0 Å². The van der Waals surface area contributed by atoms with Gasteiger partial charge in [0, 0.05) is 37.3 Å². The SMILES string of the molecule is CC(C)Nc1nc(C(=O)NC2(c3ccc(-c4cncn(C)c4=O)c(F)c3)CC2)ncc1C=N. The molecule has 0 spiro atoms. The molecule has 9 nitrogen and oxygen atoms in total. The minimum Gasteiger partial charge on any atom is -0.367 e. The van der Waals surface area contributed by atoms with Crippen molar-refractivity contribution in [3.05, 3.63) is 70.0 Å². The number of carbonyl (C=O) groups excluding carboxylic acids is 1. The number of benzene rings is 1. The number of aromatic nitrogens is 4. The van der Waals surface area contributed by atoms with E-state index in [2.05, 4.69) is 25.6 Å². The molecule has 2 heterocycles. The van der Waals surface area contributed by atoms with E-state index in [9.17, 15) is 14.0 Å². The van der Waals surface area contributed by atoms with Crippen molar-refractivity contribution in [1.82, 2.24) is 24.8 Å². The molecule has 0 unspecified atom stereocenters. The predicted octanol–water partition coefficient (Wildman–Crippen LogP) is 2.61. The molecule has 170 valence electrons. The zero-order valence-corrected chi connectivity index (χ0v) is 18.5. The fourth-order valence-electron chi connectivity index (χ4n) is 3.60. The molecule has 1 fully saturated rings. The van der Waals surface area contributed by atoms with Crippen LogP contribution in [0.1, 0.15) is 48.4 Å². The molecule has 3 aromatic rings. The summed E-state index contributed by atoms with van der Waals surface area (Å²) in [5, 5.41) is 13.5. The van der Waals surface area contributed by atoms with E-state index >= 15 is 0 Å². The first-order chi connectivity index (χ1) is 15.7. The number of carbonyl (C=O) groups is 1. The first-order valence-corrected chi connectivity index (χ1v) is 10.5. The zero-order valence-electron chi connectivity index (χ0n) is 18.5. The summed E-state index contributed by atoms with van der Waals surface area (Å²) >= 11 is 0. The maximum absolute atomic E-state index is 15.0. The van der Waals surface area contributed by atoms with Gasteiger partial charge in [-0.15, -0.1) is 0 Å². The van der Waals surface area contributed by atoms with Crippen LogP contribution in [0, 0.1) is 11.2 Å². The van der Waals surface area contributed by atoms with Gasteiger partial charge in [-0.25, -0.2) is 19.3 Å². The fraction of sp³-hybridized carbons (Fsp3) is 0.304. The number of hydrogen-bond donors (Lipinski definition) is 3. The summed E-state index contributed by atoms with van der Waals surface area (Å²) in [4.78, 5) is 37.5. The normalized spacial score (nSPS) is 14.1. The van der Waals surface area contributed by atoms with Crippen LogP contribution in [0.5, 0.6) is 0 Å². The molecule has 1 aliphatic rings. The highest BCUT2D eigenvalue weighted by Gasteiger charge is 2.46. The lowest BCUT2D eigenvalue weighted by Crippen LogP contribution is -2.36. The molecule has 10 heteroatoms. The summed E-state index contributed by atoms with van der Waals surface area (Å²) in [5.41, 5.74) is 0.343. The Morgan fingerprint density at radius 2 is 2.03 bits per heavy atom. The molecule has 1 aromatic carbocycles. The molecule has 0 radical (unpaired) electrons. The van der Waals surface area contributed by atoms with Gasteiger partial charge in [-0.1, -0.05) is 12.1 Å². The van der Waals surface area contributed by atoms with E-state index < -0.39 is 17.3 Å². The second-order valence-corrected chi connectivity index (χ2v) is 8.40. The molecule has 1 amide bonds. The van der Waals surface area contributed by atoms with Crippen LogP contribution in [0.25, 0.3) is 11.1 Å². The van der Waals surface area contributed by atoms with E-state index in [1.165, 1.54) is 35.4 Å². The Kier molecular flexibility index (Phi) is 5.75. The molecule has 0 saturated heterocycles. The Morgan fingerprint density at radius 3 is 2.67 bits per heavy atom. The van der Waals surface area contributed by atoms with E-state index in [4.69, 9.17) is 5.41 Å². The Labute approximate surface area is 189 Å². The van der Waals surface area contributed by atoms with Gasteiger partial charge in [0.1, 0.15) is 11.6 Å². The molecule has 0 atom stereocenters. The minimum atomic E-state index is -0.717. The third kappa shape index (κ3) is 4.36. The second kappa shape index (κ2) is 8.53. The van der Waals surface area contributed by atoms with Crippen LogP contribution in [0.3, 0.4) is 0 Å². The van der Waals surface area contributed by atoms with Crippen molar-refractivity contribution in [2.75, 3.05) is 5.32 Å². The summed E-state index contributed by atoms with van der Waals surface area (Å²) in [6, 6.07) is 4.65. The van der Waals surface area contributed by atoms with Gasteiger partial charge in [0.05, 0.1) is 23.0 Å². The number of aryl methyl sites for hydroxylation is 1. The van der Waals surface area contributed by atoms with Crippen molar-refractivity contribution >= 4 is 17.9 Å². The van der Waals surface area contributed by atoms with Crippen LogP contribution in [-0.2, 0) is 12.6 Å². The van der Waals surface area contributed by atoms with Crippen molar-refractivity contribution in [2.24, 2.45) is 7.05 Å². The number of nitrogens with zero attached hydrogens (tertiary/aromatic N) is 4. The lowest BCUT2D eigenvalue weighted by atomic mass is 9.99. The van der Waals surface area contributed by atoms with Crippen LogP contribution in [0.15, 0.2) is 41.7 Å². The number of anilines is 1. The van der Waals surface area contributed by atoms with Gasteiger partial charge in [0.2, 0.25) is 5.82 Å². The quantitative estimate of drug-likeness (QED) is 0.476. The van der Waals surface area contributed by atoms with Crippen molar-refractivity contribution < 1.29 is 9.18 Å². The molecule has 2 aromatic heterocycles. The highest BCUT2D eigenvalue weighted by molar-refractivity contribution is 5.93. The topological polar surface area (TPSA) is 126 Å². The van der Waals surface area contributed by atoms with Gasteiger partial charge in [-0.05, 0) is 38.3 Å². The molecule has 0 aliphatic heterocycles. The van der Waals surface area contributed by atoms with E-state index in [1.54, 1.807) is 13.1 Å². The van der Waals surface area contributed by atoms with E-state index in [0.717, 1.165) is 6.21 Å². The first kappa shape index (κ1) is 22.3. The summed E-state index contributed by atoms with van der Waals surface area (Å²) in [7, 11) is 1.55. The van der Waals surface area contributed by atoms with E-state index in [1.807, 2.05) is 13.8 Å². The lowest BCUT2D eigenvalue weighted by molar-refractivity contribution is 0.0920. The van der Waals surface area contributed by atoms with Crippen LogP contribution < -0.4 is 16.2 Å². The molecule has 4 rings (SSSR count). The molecule has 0 bridgehead atoms. The average Bonchev–Trinajstić information content (AvgIpc) is 3.56. The van der Waals surface area contributed by atoms with Crippen molar-refractivity contribution in [3.63, 3.8) is 0 Å². The summed E-state index contributed by atoms with van der Waals surface area (Å²) < 4.78 is 16.3. The third-order valence-corrected chi connectivity index (χ3v) is 5.51. The number of halogens is 1. The van der Waals surface area contributed by atoms with Gasteiger partial charge in [0.15, 0.2) is 0 Å². The van der Waals surface area contributed by atoms with Crippen LogP contribution >= 0.6 is 0 Å². The first-order valence-electron chi connectivity index (χ1n) is 10.5. The van der Waals surface area contributed by atoms with Gasteiger partial charge in [-0.2, -0.15) is 0 Å². The smallest absolute Gasteiger partial charge is 0.289 e. The van der Waals surface area contributed by atoms with Gasteiger partial charge in [-0.3, -0.25) is 9.59 Å². The highest BCUT2D eigenvalue weighted by Crippen LogP contribution is 2.46. The Bertz CT molecular complexity index is 1300. The van der Waals surface area contributed by atoms with Gasteiger partial charge in [0.25, 0.3) is 11.5 Å². The van der Waals surface area contributed by atoms with Crippen molar-refractivity contribution in [2.45, 2.75) is 38.3 Å². The third-order valence-electron chi connectivity index (χ3n) is 5.51. The second-order valence-electron chi connectivity index (χ2n) is 8.40. The number of rotatable bonds is 7. The zero-order chi connectivity index (χ0) is 23.8. The highest BCUT2D eigenvalue weighted by atomic mass is 19.1. The lowest BCUT2D eigenvalue weighted by Gasteiger charge is -2.19. The van der Waals surface area contributed by atoms with E-state index in [0.29, 0.717) is 29.8 Å². The molecule has 1 aliphatic carbocycles. The molecule has 3 N–H and O–H groups in total. The van der Waals surface area contributed by atoms with E-state index in [-0.39, 0.29) is 28.6 Å². The van der Waals surface area contributed by atoms with Gasteiger partial charge < -0.3 is 20.6 Å². The van der Waals surface area contributed by atoms with Crippen LogP contribution in [-0.4, -0.2) is 37.7 Å². The number of nitrogens with one attached hydrogen (secondary N) is 3. The summed E-state index contributed by atoms with van der Waals surface area (Å²) in [5.74, 6) is -0.681. The maximum atomic E-state index is 15.0. The summed E-state index contributed by atoms with van der Waals surface area (Å²) in [6.45, 7) is 3.85. The molecular formula is C23H24FN7O2. The average molecular weight is 449 g/mol. The Balaban J connectivity index is 1.59. The standard InChI is InChI=1S/C23H24FN7O2/c1-13(2)28-19-14(9-25)10-27-20(29-19)21(32)30-23(6-7-23)15-4-5-16(18(24)8-15)17-11-26-12-31(3)22(17)33/h4-5,8-13,25H,6-7H2,1-3H3,(H,30,32)(H,27,28,29). The molecule has 33 heavy (non-hydrogen) atoms. The minimum absolute atomic E-state index is 0.0361. The predicted molar refractivity (Wildman–Crippen MR) is 122 cm³/mol. The number of hydrogen-bond acceptors (Lipinski definition) is 7. The van der Waals surface area contributed by atoms with Crippen molar-refractivity contribution in [3.8, 4) is 11.1 Å². The van der Waals surface area contributed by atoms with Crippen molar-refractivity contribution in [1.29, 1.82) is 5.41 Å². The summed E-state index contributed by atoms with van der Waals surface area (Å²) in [6.07, 6.45) is 6.53. The monoisotopic (exact) mass is 449 g/mol. The van der Waals surface area contributed by atoms with Crippen LogP contribution in [0.4, 0.5) is 10.2 Å². The number of amides is 1. The van der Waals surface area contributed by atoms with Crippen LogP contribution in [0.2, 0.25) is 0 Å². The fourth-order valence-corrected chi connectivity index (χ4v) is 3.60. The Morgan fingerprint density at radius 1 is 1.27 bits per heavy atom. The Hall–Kier alpha value is -3.95. The largest absolute Gasteiger partial charge is 0.367 e. The molecular weight excluding hydrogens is 425 g/mol. The molecule has 1 saturated carbocycles.